The number of hydrogen-bond donors (Lipinski definition) is 2. The maximum atomic E-state index is 12.4. The Morgan fingerprint density at radius 3 is 2.85 bits per heavy atom. The van der Waals surface area contributed by atoms with Crippen molar-refractivity contribution < 1.29 is 4.79 Å². The normalized spacial score (nSPS) is 22.4. The number of thioether (sulfide) groups is 1. The zero-order valence-electron chi connectivity index (χ0n) is 12.2. The lowest BCUT2D eigenvalue weighted by atomic mass is 9.77. The molecular weight excluding hydrogens is 268 g/mol. The molecule has 4 heteroatoms. The minimum absolute atomic E-state index is 0.185. The van der Waals surface area contributed by atoms with Crippen molar-refractivity contribution in [2.24, 2.45) is 5.41 Å². The fraction of sp³-hybridized carbons (Fsp3) is 0.562. The molecular formula is C16H24N2OS. The molecule has 1 aromatic carbocycles. The lowest BCUT2D eigenvalue weighted by Crippen LogP contribution is -2.50. The number of nitrogens with one attached hydrogen (secondary N) is 2. The van der Waals surface area contributed by atoms with Crippen molar-refractivity contribution in [2.45, 2.75) is 31.1 Å². The van der Waals surface area contributed by atoms with Gasteiger partial charge in [0.2, 0.25) is 5.91 Å². The molecule has 0 spiro atoms. The molecule has 1 aromatic rings. The van der Waals surface area contributed by atoms with E-state index in [4.69, 9.17) is 0 Å². The Bertz CT molecular complexity index is 416. The smallest absolute Gasteiger partial charge is 0.227 e. The highest BCUT2D eigenvalue weighted by Crippen LogP contribution is 2.30. The van der Waals surface area contributed by atoms with Crippen molar-refractivity contribution in [3.63, 3.8) is 0 Å². The van der Waals surface area contributed by atoms with Crippen LogP contribution in [0.5, 0.6) is 0 Å². The zero-order valence-corrected chi connectivity index (χ0v) is 13.0. The highest BCUT2D eigenvalue weighted by atomic mass is 32.2. The van der Waals surface area contributed by atoms with E-state index in [0.717, 1.165) is 44.6 Å². The molecule has 2 N–H and O–H groups in total. The van der Waals surface area contributed by atoms with Crippen LogP contribution in [0.2, 0.25) is 0 Å². The molecule has 20 heavy (non-hydrogen) atoms. The zero-order chi connectivity index (χ0) is 14.3. The molecule has 3 nitrogen and oxygen atoms in total. The topological polar surface area (TPSA) is 41.1 Å². The van der Waals surface area contributed by atoms with Gasteiger partial charge in [-0.1, -0.05) is 25.1 Å². The highest BCUT2D eigenvalue weighted by Gasteiger charge is 2.37. The molecule has 1 saturated heterocycles. The second kappa shape index (κ2) is 7.70. The van der Waals surface area contributed by atoms with E-state index in [-0.39, 0.29) is 11.3 Å². The van der Waals surface area contributed by atoms with Crippen LogP contribution in [0.25, 0.3) is 0 Å². The van der Waals surface area contributed by atoms with Gasteiger partial charge in [-0.2, -0.15) is 0 Å². The minimum Gasteiger partial charge on any atom is -0.355 e. The molecule has 1 fully saturated rings. The number of benzene rings is 1. The first-order valence-corrected chi connectivity index (χ1v) is 8.42. The molecule has 1 aliphatic rings. The van der Waals surface area contributed by atoms with Gasteiger partial charge >= 0.3 is 0 Å². The molecule has 1 unspecified atom stereocenters. The summed E-state index contributed by atoms with van der Waals surface area (Å²) < 4.78 is 0. The maximum absolute atomic E-state index is 12.4. The Labute approximate surface area is 125 Å². The van der Waals surface area contributed by atoms with Crippen molar-refractivity contribution in [1.29, 1.82) is 0 Å². The molecule has 0 bridgehead atoms. The monoisotopic (exact) mass is 292 g/mol. The molecule has 0 aliphatic carbocycles. The van der Waals surface area contributed by atoms with E-state index in [2.05, 4.69) is 29.7 Å². The van der Waals surface area contributed by atoms with Crippen LogP contribution in [0, 0.1) is 5.41 Å². The summed E-state index contributed by atoms with van der Waals surface area (Å²) in [5.41, 5.74) is -0.185. The molecule has 2 rings (SSSR count). The fourth-order valence-corrected chi connectivity index (χ4v) is 3.45. The molecule has 1 aliphatic heterocycles. The van der Waals surface area contributed by atoms with E-state index in [1.807, 2.05) is 18.2 Å². The average molecular weight is 292 g/mol. The van der Waals surface area contributed by atoms with E-state index in [1.54, 1.807) is 11.8 Å². The second-order valence-electron chi connectivity index (χ2n) is 5.33. The SMILES string of the molecule is CCC1(C(=O)NCCSc2ccccc2)CCCNC1. The third-order valence-corrected chi connectivity index (χ3v) is 5.04. The molecule has 1 atom stereocenters. The lowest BCUT2D eigenvalue weighted by molar-refractivity contribution is -0.132. The average Bonchev–Trinajstić information content (AvgIpc) is 2.53. The van der Waals surface area contributed by atoms with Gasteiger partial charge in [-0.25, -0.2) is 0 Å². The van der Waals surface area contributed by atoms with Crippen LogP contribution in [-0.4, -0.2) is 31.3 Å². The van der Waals surface area contributed by atoms with E-state index in [1.165, 1.54) is 4.90 Å². The lowest BCUT2D eigenvalue weighted by Gasteiger charge is -2.35. The van der Waals surface area contributed by atoms with E-state index in [9.17, 15) is 4.79 Å². The number of rotatable bonds is 6. The van der Waals surface area contributed by atoms with Crippen LogP contribution in [0.3, 0.4) is 0 Å². The van der Waals surface area contributed by atoms with Crippen LogP contribution in [0.1, 0.15) is 26.2 Å². The van der Waals surface area contributed by atoms with Crippen molar-refractivity contribution in [3.8, 4) is 0 Å². The molecule has 1 heterocycles. The summed E-state index contributed by atoms with van der Waals surface area (Å²) in [6.07, 6.45) is 3.02. The van der Waals surface area contributed by atoms with Gasteiger partial charge in [0.05, 0.1) is 5.41 Å². The third kappa shape index (κ3) is 4.00. The van der Waals surface area contributed by atoms with Crippen LogP contribution < -0.4 is 10.6 Å². The first-order chi connectivity index (χ1) is 9.77. The standard InChI is InChI=1S/C16H24N2OS/c1-2-16(9-6-10-17-13-16)15(19)18-11-12-20-14-7-4-3-5-8-14/h3-5,7-8,17H,2,6,9-13H2,1H3,(H,18,19). The summed E-state index contributed by atoms with van der Waals surface area (Å²) in [7, 11) is 0. The summed E-state index contributed by atoms with van der Waals surface area (Å²) in [6, 6.07) is 10.3. The van der Waals surface area contributed by atoms with Gasteiger partial charge in [-0.3, -0.25) is 4.79 Å². The van der Waals surface area contributed by atoms with Gasteiger partial charge in [0, 0.05) is 23.7 Å². The van der Waals surface area contributed by atoms with Crippen molar-refractivity contribution in [1.82, 2.24) is 10.6 Å². The fourth-order valence-electron chi connectivity index (χ4n) is 2.66. The van der Waals surface area contributed by atoms with E-state index < -0.39 is 0 Å². The summed E-state index contributed by atoms with van der Waals surface area (Å²) in [5, 5.41) is 6.47. The summed E-state index contributed by atoms with van der Waals surface area (Å²) in [6.45, 7) is 4.71. The van der Waals surface area contributed by atoms with Crippen LogP contribution in [0.4, 0.5) is 0 Å². The number of carbonyl (C=O) groups is 1. The first kappa shape index (κ1) is 15.4. The van der Waals surface area contributed by atoms with Gasteiger partial charge in [0.1, 0.15) is 0 Å². The second-order valence-corrected chi connectivity index (χ2v) is 6.50. The van der Waals surface area contributed by atoms with Gasteiger partial charge < -0.3 is 10.6 Å². The van der Waals surface area contributed by atoms with Gasteiger partial charge in [-0.05, 0) is 37.9 Å². The predicted molar refractivity (Wildman–Crippen MR) is 85.0 cm³/mol. The summed E-state index contributed by atoms with van der Waals surface area (Å²) in [5.74, 6) is 1.14. The van der Waals surface area contributed by atoms with E-state index in [0.29, 0.717) is 0 Å². The molecule has 1 amide bonds. The summed E-state index contributed by atoms with van der Waals surface area (Å²) >= 11 is 1.79. The molecule has 0 aromatic heterocycles. The minimum atomic E-state index is -0.185. The van der Waals surface area contributed by atoms with Gasteiger partial charge in [-0.15, -0.1) is 11.8 Å². The Morgan fingerprint density at radius 1 is 1.40 bits per heavy atom. The first-order valence-electron chi connectivity index (χ1n) is 7.44. The van der Waals surface area contributed by atoms with Gasteiger partial charge in [0.25, 0.3) is 0 Å². The number of amides is 1. The Morgan fingerprint density at radius 2 is 2.20 bits per heavy atom. The Kier molecular flexibility index (Phi) is 5.92. The van der Waals surface area contributed by atoms with Crippen molar-refractivity contribution in [3.05, 3.63) is 30.3 Å². The third-order valence-electron chi connectivity index (χ3n) is 4.03. The van der Waals surface area contributed by atoms with Crippen LogP contribution >= 0.6 is 11.8 Å². The summed E-state index contributed by atoms with van der Waals surface area (Å²) in [4.78, 5) is 13.7. The Hall–Kier alpha value is -1.00. The maximum Gasteiger partial charge on any atom is 0.227 e. The van der Waals surface area contributed by atoms with E-state index >= 15 is 0 Å². The predicted octanol–water partition coefficient (Wildman–Crippen LogP) is 2.67. The highest BCUT2D eigenvalue weighted by molar-refractivity contribution is 7.99. The Balaban J connectivity index is 1.74. The number of piperidine rings is 1. The van der Waals surface area contributed by atoms with Crippen LogP contribution in [-0.2, 0) is 4.79 Å². The molecule has 0 saturated carbocycles. The molecule has 0 radical (unpaired) electrons. The number of carbonyl (C=O) groups excluding carboxylic acids is 1. The quantitative estimate of drug-likeness (QED) is 0.625. The van der Waals surface area contributed by atoms with Crippen LogP contribution in [0.15, 0.2) is 35.2 Å². The van der Waals surface area contributed by atoms with Crippen molar-refractivity contribution >= 4 is 17.7 Å². The molecule has 110 valence electrons. The largest absolute Gasteiger partial charge is 0.355 e. The van der Waals surface area contributed by atoms with Gasteiger partial charge in [0.15, 0.2) is 0 Å². The van der Waals surface area contributed by atoms with Crippen molar-refractivity contribution in [2.75, 3.05) is 25.4 Å². The number of hydrogen-bond acceptors (Lipinski definition) is 3.